The SMILES string of the molecule is CNC(C)C1Cc2cc(Cl)ccc2N1C(C)C. The van der Waals surface area contributed by atoms with Crippen LogP contribution in [0.15, 0.2) is 18.2 Å². The van der Waals surface area contributed by atoms with E-state index in [2.05, 4.69) is 43.1 Å². The van der Waals surface area contributed by atoms with Gasteiger partial charge >= 0.3 is 0 Å². The lowest BCUT2D eigenvalue weighted by Crippen LogP contribution is -2.48. The Morgan fingerprint density at radius 1 is 1.35 bits per heavy atom. The average molecular weight is 253 g/mol. The van der Waals surface area contributed by atoms with Crippen molar-refractivity contribution in [3.63, 3.8) is 0 Å². The molecule has 0 spiro atoms. The van der Waals surface area contributed by atoms with Gasteiger partial charge in [0.25, 0.3) is 0 Å². The molecule has 0 saturated heterocycles. The second kappa shape index (κ2) is 4.87. The molecule has 17 heavy (non-hydrogen) atoms. The van der Waals surface area contributed by atoms with Crippen molar-refractivity contribution in [2.45, 2.75) is 45.3 Å². The molecule has 0 bridgehead atoms. The van der Waals surface area contributed by atoms with E-state index in [0.717, 1.165) is 11.4 Å². The maximum Gasteiger partial charge on any atom is 0.0484 e. The third kappa shape index (κ3) is 2.29. The molecule has 3 heteroatoms. The van der Waals surface area contributed by atoms with E-state index in [9.17, 15) is 0 Å². The zero-order chi connectivity index (χ0) is 12.6. The van der Waals surface area contributed by atoms with E-state index in [-0.39, 0.29) is 0 Å². The quantitative estimate of drug-likeness (QED) is 0.890. The van der Waals surface area contributed by atoms with Crippen molar-refractivity contribution >= 4 is 17.3 Å². The fourth-order valence-corrected chi connectivity index (χ4v) is 2.94. The molecule has 1 aromatic carbocycles. The maximum absolute atomic E-state index is 6.08. The molecular weight excluding hydrogens is 232 g/mol. The van der Waals surface area contributed by atoms with Crippen LogP contribution >= 0.6 is 11.6 Å². The van der Waals surface area contributed by atoms with Crippen LogP contribution in [0.1, 0.15) is 26.3 Å². The van der Waals surface area contributed by atoms with Gasteiger partial charge in [-0.15, -0.1) is 0 Å². The number of anilines is 1. The van der Waals surface area contributed by atoms with Crippen LogP contribution in [0.4, 0.5) is 5.69 Å². The highest BCUT2D eigenvalue weighted by Crippen LogP contribution is 2.36. The maximum atomic E-state index is 6.08. The standard InChI is InChI=1S/C14H21ClN2/c1-9(2)17-13-6-5-12(15)7-11(13)8-14(17)10(3)16-4/h5-7,9-10,14,16H,8H2,1-4H3. The molecule has 0 amide bonds. The lowest BCUT2D eigenvalue weighted by Gasteiger charge is -2.35. The summed E-state index contributed by atoms with van der Waals surface area (Å²) in [4.78, 5) is 2.51. The number of likely N-dealkylation sites (N-methyl/N-ethyl adjacent to an activating group) is 1. The lowest BCUT2D eigenvalue weighted by molar-refractivity contribution is 0.451. The molecule has 2 atom stereocenters. The summed E-state index contributed by atoms with van der Waals surface area (Å²) in [6, 6.07) is 7.76. The second-order valence-electron chi connectivity index (χ2n) is 5.12. The molecule has 2 nitrogen and oxygen atoms in total. The Kier molecular flexibility index (Phi) is 3.64. The topological polar surface area (TPSA) is 15.3 Å². The molecule has 0 saturated carbocycles. The summed E-state index contributed by atoms with van der Waals surface area (Å²) < 4.78 is 0. The van der Waals surface area contributed by atoms with Gasteiger partial charge in [-0.25, -0.2) is 0 Å². The van der Waals surface area contributed by atoms with Crippen molar-refractivity contribution in [3.05, 3.63) is 28.8 Å². The summed E-state index contributed by atoms with van der Waals surface area (Å²) in [5.74, 6) is 0. The molecule has 0 aromatic heterocycles. The Bertz CT molecular complexity index is 403. The van der Waals surface area contributed by atoms with Crippen molar-refractivity contribution in [1.29, 1.82) is 0 Å². The van der Waals surface area contributed by atoms with Gasteiger partial charge in [0.15, 0.2) is 0 Å². The lowest BCUT2D eigenvalue weighted by atomic mass is 10.0. The molecule has 0 fully saturated rings. The van der Waals surface area contributed by atoms with E-state index >= 15 is 0 Å². The van der Waals surface area contributed by atoms with Crippen LogP contribution < -0.4 is 10.2 Å². The zero-order valence-electron chi connectivity index (χ0n) is 11.0. The fraction of sp³-hybridized carbons (Fsp3) is 0.571. The van der Waals surface area contributed by atoms with Gasteiger partial charge in [-0.05, 0) is 58.0 Å². The van der Waals surface area contributed by atoms with Gasteiger partial charge in [0, 0.05) is 28.8 Å². The van der Waals surface area contributed by atoms with E-state index in [1.807, 2.05) is 13.1 Å². The summed E-state index contributed by atoms with van der Waals surface area (Å²) in [6.45, 7) is 6.74. The highest BCUT2D eigenvalue weighted by atomic mass is 35.5. The molecule has 0 radical (unpaired) electrons. The zero-order valence-corrected chi connectivity index (χ0v) is 11.8. The molecule has 1 aromatic rings. The average Bonchev–Trinajstić information content (AvgIpc) is 2.66. The smallest absolute Gasteiger partial charge is 0.0484 e. The predicted octanol–water partition coefficient (Wildman–Crippen LogP) is 3.09. The Labute approximate surface area is 109 Å². The van der Waals surface area contributed by atoms with Gasteiger partial charge in [0.05, 0.1) is 0 Å². The van der Waals surface area contributed by atoms with E-state index < -0.39 is 0 Å². The summed E-state index contributed by atoms with van der Waals surface area (Å²) in [6.07, 6.45) is 1.08. The van der Waals surface area contributed by atoms with E-state index in [1.54, 1.807) is 0 Å². The number of nitrogens with one attached hydrogen (secondary N) is 1. The van der Waals surface area contributed by atoms with Gasteiger partial charge < -0.3 is 10.2 Å². The Morgan fingerprint density at radius 3 is 2.65 bits per heavy atom. The third-order valence-electron chi connectivity index (χ3n) is 3.69. The fourth-order valence-electron chi connectivity index (χ4n) is 2.74. The molecule has 0 aliphatic carbocycles. The van der Waals surface area contributed by atoms with Crippen LogP contribution in [-0.2, 0) is 6.42 Å². The number of fused-ring (bicyclic) bond motifs is 1. The number of hydrogen-bond donors (Lipinski definition) is 1. The Hall–Kier alpha value is -0.730. The van der Waals surface area contributed by atoms with Crippen LogP contribution in [0.2, 0.25) is 5.02 Å². The highest BCUT2D eigenvalue weighted by Gasteiger charge is 2.33. The number of halogens is 1. The molecule has 1 aliphatic rings. The van der Waals surface area contributed by atoms with Gasteiger partial charge in [-0.2, -0.15) is 0 Å². The van der Waals surface area contributed by atoms with Crippen LogP contribution in [0.25, 0.3) is 0 Å². The van der Waals surface area contributed by atoms with Crippen LogP contribution in [0, 0.1) is 0 Å². The summed E-state index contributed by atoms with van der Waals surface area (Å²) in [5, 5.41) is 4.20. The van der Waals surface area contributed by atoms with Crippen LogP contribution in [0.3, 0.4) is 0 Å². The Morgan fingerprint density at radius 2 is 2.06 bits per heavy atom. The third-order valence-corrected chi connectivity index (χ3v) is 3.93. The molecule has 94 valence electrons. The molecular formula is C14H21ClN2. The first kappa shape index (κ1) is 12.7. The van der Waals surface area contributed by atoms with Gasteiger partial charge in [-0.3, -0.25) is 0 Å². The van der Waals surface area contributed by atoms with E-state index in [4.69, 9.17) is 11.6 Å². The van der Waals surface area contributed by atoms with Gasteiger partial charge in [0.1, 0.15) is 0 Å². The monoisotopic (exact) mass is 252 g/mol. The van der Waals surface area contributed by atoms with Crippen LogP contribution in [0.5, 0.6) is 0 Å². The first-order valence-corrected chi connectivity index (χ1v) is 6.66. The minimum atomic E-state index is 0.476. The molecule has 1 N–H and O–H groups in total. The molecule has 1 aliphatic heterocycles. The van der Waals surface area contributed by atoms with Crippen molar-refractivity contribution in [3.8, 4) is 0 Å². The first-order chi connectivity index (χ1) is 8.04. The van der Waals surface area contributed by atoms with E-state index in [0.29, 0.717) is 18.1 Å². The summed E-state index contributed by atoms with van der Waals surface area (Å²) in [5.41, 5.74) is 2.72. The van der Waals surface area contributed by atoms with Gasteiger partial charge in [-0.1, -0.05) is 11.6 Å². The Balaban J connectivity index is 2.37. The second-order valence-corrected chi connectivity index (χ2v) is 5.56. The molecule has 2 rings (SSSR count). The first-order valence-electron chi connectivity index (χ1n) is 6.28. The summed E-state index contributed by atoms with van der Waals surface area (Å²) in [7, 11) is 2.03. The van der Waals surface area contributed by atoms with E-state index in [1.165, 1.54) is 11.3 Å². The largest absolute Gasteiger partial charge is 0.364 e. The normalized spacial score (nSPS) is 20.8. The number of rotatable bonds is 3. The van der Waals surface area contributed by atoms with Gasteiger partial charge in [0.2, 0.25) is 0 Å². The summed E-state index contributed by atoms with van der Waals surface area (Å²) >= 11 is 6.08. The molecule has 1 heterocycles. The minimum absolute atomic E-state index is 0.476. The van der Waals surface area contributed by atoms with Crippen molar-refractivity contribution in [2.24, 2.45) is 0 Å². The number of benzene rings is 1. The van der Waals surface area contributed by atoms with Crippen molar-refractivity contribution in [2.75, 3.05) is 11.9 Å². The van der Waals surface area contributed by atoms with Crippen LogP contribution in [-0.4, -0.2) is 25.2 Å². The predicted molar refractivity (Wildman–Crippen MR) is 75.1 cm³/mol. The molecule has 2 unspecified atom stereocenters. The number of hydrogen-bond acceptors (Lipinski definition) is 2. The van der Waals surface area contributed by atoms with Crippen molar-refractivity contribution < 1.29 is 0 Å². The number of nitrogens with zero attached hydrogens (tertiary/aromatic N) is 1. The highest BCUT2D eigenvalue weighted by molar-refractivity contribution is 6.30. The van der Waals surface area contributed by atoms with Crippen molar-refractivity contribution in [1.82, 2.24) is 5.32 Å². The minimum Gasteiger partial charge on any atom is -0.364 e.